The second-order valence-corrected chi connectivity index (χ2v) is 3.70. The maximum atomic E-state index is 5.49. The zero-order valence-corrected chi connectivity index (χ0v) is 7.76. The van der Waals surface area contributed by atoms with Crippen molar-refractivity contribution in [3.8, 4) is 12.3 Å². The van der Waals surface area contributed by atoms with Gasteiger partial charge in [-0.3, -0.25) is 0 Å². The van der Waals surface area contributed by atoms with E-state index in [0.717, 1.165) is 12.3 Å². The Balaban J connectivity index is 2.41. The Morgan fingerprint density at radius 1 is 1.42 bits per heavy atom. The lowest BCUT2D eigenvalue weighted by molar-refractivity contribution is 0.294. The van der Waals surface area contributed by atoms with Crippen LogP contribution in [0.4, 0.5) is 0 Å². The summed E-state index contributed by atoms with van der Waals surface area (Å²) in [5, 5.41) is 0. The predicted octanol–water partition coefficient (Wildman–Crippen LogP) is 3.39. The molecule has 1 aliphatic carbocycles. The molecule has 0 aliphatic heterocycles. The van der Waals surface area contributed by atoms with Gasteiger partial charge in [0.1, 0.15) is 0 Å². The Kier molecular flexibility index (Phi) is 3.94. The summed E-state index contributed by atoms with van der Waals surface area (Å²) in [5.41, 5.74) is 0. The van der Waals surface area contributed by atoms with Crippen molar-refractivity contribution in [2.24, 2.45) is 11.8 Å². The summed E-state index contributed by atoms with van der Waals surface area (Å²) in [4.78, 5) is 0. The van der Waals surface area contributed by atoms with Crippen molar-refractivity contribution >= 4 is 0 Å². The van der Waals surface area contributed by atoms with Gasteiger partial charge in [-0.2, -0.15) is 0 Å². The largest absolute Gasteiger partial charge is 0.120 e. The van der Waals surface area contributed by atoms with Gasteiger partial charge in [0.25, 0.3) is 0 Å². The third-order valence-electron chi connectivity index (χ3n) is 2.85. The number of rotatable bonds is 3. The fourth-order valence-electron chi connectivity index (χ4n) is 2.11. The topological polar surface area (TPSA) is 0 Å². The Hall–Kier alpha value is -0.700. The van der Waals surface area contributed by atoms with E-state index in [1.807, 2.05) is 6.08 Å². The van der Waals surface area contributed by atoms with Crippen LogP contribution in [-0.4, -0.2) is 0 Å². The van der Waals surface area contributed by atoms with E-state index in [9.17, 15) is 0 Å². The normalized spacial score (nSPS) is 21.2. The lowest BCUT2D eigenvalue weighted by Crippen LogP contribution is -2.15. The Labute approximate surface area is 76.1 Å². The first-order valence-corrected chi connectivity index (χ1v) is 4.95. The summed E-state index contributed by atoms with van der Waals surface area (Å²) in [7, 11) is 0. The van der Waals surface area contributed by atoms with Crippen LogP contribution in [-0.2, 0) is 0 Å². The molecule has 0 aromatic rings. The molecule has 0 radical (unpaired) electrons. The van der Waals surface area contributed by atoms with Crippen molar-refractivity contribution in [2.75, 3.05) is 0 Å². The van der Waals surface area contributed by atoms with Crippen molar-refractivity contribution in [2.45, 2.75) is 38.5 Å². The molecule has 66 valence electrons. The maximum Gasteiger partial charge on any atom is 0.0262 e. The number of hydrogen-bond acceptors (Lipinski definition) is 0. The third-order valence-corrected chi connectivity index (χ3v) is 2.85. The molecule has 1 atom stereocenters. The fraction of sp³-hybridized carbons (Fsp3) is 0.667. The van der Waals surface area contributed by atoms with E-state index in [0.29, 0.717) is 5.92 Å². The van der Waals surface area contributed by atoms with Crippen molar-refractivity contribution in [1.29, 1.82) is 0 Å². The van der Waals surface area contributed by atoms with Crippen LogP contribution in [0.25, 0.3) is 0 Å². The van der Waals surface area contributed by atoms with Crippen LogP contribution in [0.5, 0.6) is 0 Å². The fourth-order valence-corrected chi connectivity index (χ4v) is 2.11. The lowest BCUT2D eigenvalue weighted by Gasteiger charge is -2.25. The Morgan fingerprint density at radius 3 is 2.58 bits per heavy atom. The molecule has 1 unspecified atom stereocenters. The highest BCUT2D eigenvalue weighted by atomic mass is 14.2. The van der Waals surface area contributed by atoms with Gasteiger partial charge in [0, 0.05) is 5.92 Å². The van der Waals surface area contributed by atoms with Crippen LogP contribution >= 0.6 is 0 Å². The minimum atomic E-state index is 0.461. The summed E-state index contributed by atoms with van der Waals surface area (Å²) in [6.07, 6.45) is 15.3. The quantitative estimate of drug-likeness (QED) is 0.441. The SMILES string of the molecule is C#CC(CC=C)C1CCCCC1. The average Bonchev–Trinajstić information content (AvgIpc) is 2.15. The second-order valence-electron chi connectivity index (χ2n) is 3.70. The molecule has 1 saturated carbocycles. The summed E-state index contributed by atoms with van der Waals surface area (Å²) >= 11 is 0. The second kappa shape index (κ2) is 5.04. The Morgan fingerprint density at radius 2 is 2.08 bits per heavy atom. The van der Waals surface area contributed by atoms with Gasteiger partial charge in [0.2, 0.25) is 0 Å². The minimum absolute atomic E-state index is 0.461. The molecule has 1 rings (SSSR count). The first kappa shape index (κ1) is 9.39. The number of hydrogen-bond donors (Lipinski definition) is 0. The number of allylic oxidation sites excluding steroid dienone is 1. The first-order valence-electron chi connectivity index (χ1n) is 4.95. The van der Waals surface area contributed by atoms with Crippen LogP contribution in [0.1, 0.15) is 38.5 Å². The van der Waals surface area contributed by atoms with E-state index in [2.05, 4.69) is 12.5 Å². The van der Waals surface area contributed by atoms with Gasteiger partial charge >= 0.3 is 0 Å². The molecule has 0 nitrogen and oxygen atoms in total. The molecule has 1 fully saturated rings. The summed E-state index contributed by atoms with van der Waals surface area (Å²) in [6.45, 7) is 3.75. The maximum absolute atomic E-state index is 5.49. The van der Waals surface area contributed by atoms with Gasteiger partial charge in [-0.05, 0) is 25.2 Å². The van der Waals surface area contributed by atoms with E-state index in [1.165, 1.54) is 32.1 Å². The minimum Gasteiger partial charge on any atom is -0.120 e. The van der Waals surface area contributed by atoms with Crippen molar-refractivity contribution < 1.29 is 0 Å². The molecule has 0 aromatic heterocycles. The first-order chi connectivity index (χ1) is 5.88. The van der Waals surface area contributed by atoms with E-state index < -0.39 is 0 Å². The zero-order chi connectivity index (χ0) is 8.81. The van der Waals surface area contributed by atoms with Gasteiger partial charge in [-0.15, -0.1) is 18.9 Å². The molecule has 0 amide bonds. The van der Waals surface area contributed by atoms with Crippen LogP contribution in [0, 0.1) is 24.2 Å². The molecule has 1 aliphatic rings. The van der Waals surface area contributed by atoms with Gasteiger partial charge in [0.05, 0.1) is 0 Å². The molecule has 12 heavy (non-hydrogen) atoms. The molecule has 0 heterocycles. The average molecular weight is 162 g/mol. The van der Waals surface area contributed by atoms with Crippen LogP contribution in [0.15, 0.2) is 12.7 Å². The van der Waals surface area contributed by atoms with Gasteiger partial charge in [-0.1, -0.05) is 25.3 Å². The van der Waals surface area contributed by atoms with Gasteiger partial charge in [0.15, 0.2) is 0 Å². The van der Waals surface area contributed by atoms with Crippen molar-refractivity contribution in [1.82, 2.24) is 0 Å². The monoisotopic (exact) mass is 162 g/mol. The molecule has 0 heteroatoms. The van der Waals surface area contributed by atoms with Crippen LogP contribution < -0.4 is 0 Å². The predicted molar refractivity (Wildman–Crippen MR) is 53.7 cm³/mol. The smallest absolute Gasteiger partial charge is 0.0262 e. The molecular formula is C12H18. The summed E-state index contributed by atoms with van der Waals surface area (Å²) in [6, 6.07) is 0. The molecular weight excluding hydrogens is 144 g/mol. The highest BCUT2D eigenvalue weighted by molar-refractivity contribution is 4.99. The van der Waals surface area contributed by atoms with Crippen molar-refractivity contribution in [3.63, 3.8) is 0 Å². The third kappa shape index (κ3) is 2.41. The highest BCUT2D eigenvalue weighted by Gasteiger charge is 2.20. The molecule has 0 spiro atoms. The molecule has 0 saturated heterocycles. The van der Waals surface area contributed by atoms with E-state index in [1.54, 1.807) is 0 Å². The van der Waals surface area contributed by atoms with E-state index >= 15 is 0 Å². The van der Waals surface area contributed by atoms with Gasteiger partial charge < -0.3 is 0 Å². The van der Waals surface area contributed by atoms with Crippen LogP contribution in [0.3, 0.4) is 0 Å². The Bertz CT molecular complexity index is 167. The van der Waals surface area contributed by atoms with E-state index in [-0.39, 0.29) is 0 Å². The summed E-state index contributed by atoms with van der Waals surface area (Å²) < 4.78 is 0. The molecule has 0 N–H and O–H groups in total. The van der Waals surface area contributed by atoms with Crippen LogP contribution in [0.2, 0.25) is 0 Å². The zero-order valence-electron chi connectivity index (χ0n) is 7.76. The highest BCUT2D eigenvalue weighted by Crippen LogP contribution is 2.31. The van der Waals surface area contributed by atoms with E-state index in [4.69, 9.17) is 6.42 Å². The van der Waals surface area contributed by atoms with Crippen molar-refractivity contribution in [3.05, 3.63) is 12.7 Å². The number of terminal acetylenes is 1. The standard InChI is InChI=1S/C12H18/c1-3-8-11(4-2)12-9-6-5-7-10-12/h2-3,11-12H,1,5-10H2. The summed E-state index contributed by atoms with van der Waals surface area (Å²) in [5.74, 6) is 4.14. The molecule has 0 bridgehead atoms. The lowest BCUT2D eigenvalue weighted by atomic mass is 9.79. The molecule has 0 aromatic carbocycles. The van der Waals surface area contributed by atoms with Gasteiger partial charge in [-0.25, -0.2) is 0 Å².